The lowest BCUT2D eigenvalue weighted by Gasteiger charge is -1.99. The van der Waals surface area contributed by atoms with Crippen LogP contribution in [-0.2, 0) is 0 Å². The van der Waals surface area contributed by atoms with E-state index in [1.54, 1.807) is 6.20 Å². The van der Waals surface area contributed by atoms with Crippen molar-refractivity contribution in [3.63, 3.8) is 0 Å². The van der Waals surface area contributed by atoms with Crippen LogP contribution in [0.4, 0.5) is 5.69 Å². The molecule has 0 atom stereocenters. The second-order valence-electron chi connectivity index (χ2n) is 4.40. The van der Waals surface area contributed by atoms with Crippen molar-refractivity contribution in [2.75, 3.05) is 5.73 Å². The van der Waals surface area contributed by atoms with E-state index in [9.17, 15) is 4.79 Å². The molecule has 3 N–H and O–H groups in total. The summed E-state index contributed by atoms with van der Waals surface area (Å²) in [5.41, 5.74) is 7.38. The molecule has 5 heteroatoms. The molecule has 1 aromatic carbocycles. The van der Waals surface area contributed by atoms with Gasteiger partial charge in [-0.2, -0.15) is 0 Å². The average Bonchev–Trinajstić information content (AvgIpc) is 3.03. The summed E-state index contributed by atoms with van der Waals surface area (Å²) in [4.78, 5) is 16.8. The number of nitrogens with one attached hydrogen (secondary N) is 1. The fraction of sp³-hybridized carbons (Fsp3) is 0.231. The predicted octanol–water partition coefficient (Wildman–Crippen LogP) is 2.28. The van der Waals surface area contributed by atoms with Crippen molar-refractivity contribution in [1.29, 1.82) is 0 Å². The van der Waals surface area contributed by atoms with Crippen molar-refractivity contribution in [3.8, 4) is 10.6 Å². The van der Waals surface area contributed by atoms with Crippen LogP contribution < -0.4 is 11.1 Å². The van der Waals surface area contributed by atoms with Crippen molar-refractivity contribution in [2.24, 2.45) is 0 Å². The van der Waals surface area contributed by atoms with Gasteiger partial charge in [0.1, 0.15) is 9.88 Å². The van der Waals surface area contributed by atoms with Crippen LogP contribution in [0.2, 0.25) is 0 Å². The van der Waals surface area contributed by atoms with Gasteiger partial charge in [-0.15, -0.1) is 11.3 Å². The molecule has 1 aliphatic rings. The van der Waals surface area contributed by atoms with E-state index >= 15 is 0 Å². The molecule has 0 saturated heterocycles. The van der Waals surface area contributed by atoms with Crippen LogP contribution in [0.15, 0.2) is 30.5 Å². The number of nitrogens with two attached hydrogens (primary N) is 1. The van der Waals surface area contributed by atoms with Crippen molar-refractivity contribution in [2.45, 2.75) is 18.9 Å². The number of rotatable bonds is 3. The van der Waals surface area contributed by atoms with Crippen LogP contribution in [0.1, 0.15) is 22.5 Å². The molecule has 0 bridgehead atoms. The molecule has 1 fully saturated rings. The van der Waals surface area contributed by atoms with E-state index in [1.165, 1.54) is 11.3 Å². The Morgan fingerprint density at radius 3 is 3.00 bits per heavy atom. The van der Waals surface area contributed by atoms with Crippen LogP contribution in [0.3, 0.4) is 0 Å². The number of thiazole rings is 1. The Bertz CT molecular complexity index is 589. The average molecular weight is 259 g/mol. The Hall–Kier alpha value is -1.88. The standard InChI is InChI=1S/C13H13N3OS/c14-9-3-1-2-8(6-9)13-15-7-11(18-13)12(17)16-10-4-5-10/h1-3,6-7,10H,4-5,14H2,(H,16,17). The highest BCUT2D eigenvalue weighted by atomic mass is 32.1. The first kappa shape index (κ1) is 11.2. The van der Waals surface area contributed by atoms with Crippen molar-refractivity contribution in [1.82, 2.24) is 10.3 Å². The Balaban J connectivity index is 1.82. The summed E-state index contributed by atoms with van der Waals surface area (Å²) in [6, 6.07) is 7.89. The number of carbonyl (C=O) groups is 1. The van der Waals surface area contributed by atoms with Crippen molar-refractivity contribution >= 4 is 22.9 Å². The van der Waals surface area contributed by atoms with E-state index in [0.717, 1.165) is 23.4 Å². The van der Waals surface area contributed by atoms with Gasteiger partial charge in [0.15, 0.2) is 0 Å². The number of anilines is 1. The smallest absolute Gasteiger partial charge is 0.263 e. The quantitative estimate of drug-likeness (QED) is 0.831. The van der Waals surface area contributed by atoms with Crippen LogP contribution >= 0.6 is 11.3 Å². The lowest BCUT2D eigenvalue weighted by Crippen LogP contribution is -2.24. The minimum Gasteiger partial charge on any atom is -0.399 e. The molecule has 92 valence electrons. The zero-order valence-corrected chi connectivity index (χ0v) is 10.5. The van der Waals surface area contributed by atoms with Gasteiger partial charge < -0.3 is 11.1 Å². The number of nitrogens with zero attached hydrogens (tertiary/aromatic N) is 1. The number of carbonyl (C=O) groups excluding carboxylic acids is 1. The maximum Gasteiger partial charge on any atom is 0.263 e. The first-order valence-electron chi connectivity index (χ1n) is 5.85. The highest BCUT2D eigenvalue weighted by molar-refractivity contribution is 7.16. The van der Waals surface area contributed by atoms with Crippen LogP contribution in [0.5, 0.6) is 0 Å². The number of nitrogen functional groups attached to an aromatic ring is 1. The monoisotopic (exact) mass is 259 g/mol. The molecule has 0 unspecified atom stereocenters. The van der Waals surface area contributed by atoms with E-state index in [4.69, 9.17) is 5.73 Å². The second kappa shape index (κ2) is 4.42. The van der Waals surface area contributed by atoms with Crippen LogP contribution in [0.25, 0.3) is 10.6 Å². The van der Waals surface area contributed by atoms with E-state index in [0.29, 0.717) is 16.6 Å². The molecule has 1 saturated carbocycles. The van der Waals surface area contributed by atoms with Gasteiger partial charge in [-0.05, 0) is 25.0 Å². The summed E-state index contributed by atoms with van der Waals surface area (Å²) < 4.78 is 0. The molecule has 18 heavy (non-hydrogen) atoms. The molecule has 1 heterocycles. The maximum atomic E-state index is 11.8. The molecule has 1 amide bonds. The number of benzene rings is 1. The minimum absolute atomic E-state index is 0.0230. The Kier molecular flexibility index (Phi) is 2.76. The van der Waals surface area contributed by atoms with E-state index in [2.05, 4.69) is 10.3 Å². The van der Waals surface area contributed by atoms with E-state index < -0.39 is 0 Å². The Morgan fingerprint density at radius 2 is 2.28 bits per heavy atom. The molecule has 0 aliphatic heterocycles. The summed E-state index contributed by atoms with van der Waals surface area (Å²) in [5, 5.41) is 3.78. The summed E-state index contributed by atoms with van der Waals surface area (Å²) in [5.74, 6) is -0.0230. The van der Waals surface area contributed by atoms with E-state index in [1.807, 2.05) is 24.3 Å². The zero-order valence-electron chi connectivity index (χ0n) is 9.72. The molecule has 0 spiro atoms. The highest BCUT2D eigenvalue weighted by Gasteiger charge is 2.24. The van der Waals surface area contributed by atoms with Gasteiger partial charge in [0.05, 0.1) is 6.20 Å². The van der Waals surface area contributed by atoms with Crippen molar-refractivity contribution in [3.05, 3.63) is 35.3 Å². The van der Waals surface area contributed by atoms with Gasteiger partial charge in [-0.1, -0.05) is 12.1 Å². The zero-order chi connectivity index (χ0) is 12.5. The lowest BCUT2D eigenvalue weighted by atomic mass is 10.2. The number of aromatic nitrogens is 1. The summed E-state index contributed by atoms with van der Waals surface area (Å²) in [7, 11) is 0. The summed E-state index contributed by atoms with van der Waals surface area (Å²) in [6.07, 6.45) is 3.81. The molecule has 4 nitrogen and oxygen atoms in total. The van der Waals surface area contributed by atoms with Crippen LogP contribution in [-0.4, -0.2) is 16.9 Å². The highest BCUT2D eigenvalue weighted by Crippen LogP contribution is 2.27. The molecule has 1 aromatic heterocycles. The molecule has 0 radical (unpaired) electrons. The van der Waals surface area contributed by atoms with E-state index in [-0.39, 0.29) is 5.91 Å². The van der Waals surface area contributed by atoms with Gasteiger partial charge in [-0.25, -0.2) is 4.98 Å². The van der Waals surface area contributed by atoms with Gasteiger partial charge in [0.2, 0.25) is 0 Å². The maximum absolute atomic E-state index is 11.8. The Labute approximate surface area is 109 Å². The fourth-order valence-corrected chi connectivity index (χ4v) is 2.48. The van der Waals surface area contributed by atoms with Gasteiger partial charge >= 0.3 is 0 Å². The molecule has 1 aliphatic carbocycles. The van der Waals surface area contributed by atoms with Gasteiger partial charge in [0, 0.05) is 17.3 Å². The first-order valence-corrected chi connectivity index (χ1v) is 6.66. The largest absolute Gasteiger partial charge is 0.399 e. The molecule has 3 rings (SSSR count). The third kappa shape index (κ3) is 2.36. The third-order valence-electron chi connectivity index (χ3n) is 2.78. The van der Waals surface area contributed by atoms with Gasteiger partial charge in [0.25, 0.3) is 5.91 Å². The summed E-state index contributed by atoms with van der Waals surface area (Å²) in [6.45, 7) is 0. The molecule has 2 aromatic rings. The predicted molar refractivity (Wildman–Crippen MR) is 72.5 cm³/mol. The third-order valence-corrected chi connectivity index (χ3v) is 3.82. The molecular formula is C13H13N3OS. The first-order chi connectivity index (χ1) is 8.72. The fourth-order valence-electron chi connectivity index (χ4n) is 1.67. The number of hydrogen-bond acceptors (Lipinski definition) is 4. The van der Waals surface area contributed by atoms with Gasteiger partial charge in [-0.3, -0.25) is 4.79 Å². The van der Waals surface area contributed by atoms with Crippen LogP contribution in [0, 0.1) is 0 Å². The van der Waals surface area contributed by atoms with Crippen molar-refractivity contribution < 1.29 is 4.79 Å². The SMILES string of the molecule is Nc1cccc(-c2ncc(C(=O)NC3CC3)s2)c1. The topological polar surface area (TPSA) is 68.0 Å². The second-order valence-corrected chi connectivity index (χ2v) is 5.43. The summed E-state index contributed by atoms with van der Waals surface area (Å²) >= 11 is 1.39. The normalized spacial score (nSPS) is 14.4. The number of amides is 1. The number of hydrogen-bond donors (Lipinski definition) is 2. The Morgan fingerprint density at radius 1 is 1.44 bits per heavy atom. The lowest BCUT2D eigenvalue weighted by molar-refractivity contribution is 0.0955. The molecular weight excluding hydrogens is 246 g/mol. The minimum atomic E-state index is -0.0230.